The molecule has 0 saturated carbocycles. The van der Waals surface area contributed by atoms with E-state index in [0.717, 1.165) is 23.4 Å². The van der Waals surface area contributed by atoms with Gasteiger partial charge >= 0.3 is 6.03 Å². The van der Waals surface area contributed by atoms with Gasteiger partial charge in [0.2, 0.25) is 0 Å². The Morgan fingerprint density at radius 3 is 2.52 bits per heavy atom. The maximum Gasteiger partial charge on any atom is 0.320 e. The summed E-state index contributed by atoms with van der Waals surface area (Å²) in [5.41, 5.74) is 2.82. The van der Waals surface area contributed by atoms with Gasteiger partial charge in [0.1, 0.15) is 5.69 Å². The topological polar surface area (TPSA) is 54.3 Å². The number of para-hydroxylation sites is 1. The Morgan fingerprint density at radius 2 is 1.92 bits per heavy atom. The van der Waals surface area contributed by atoms with Crippen molar-refractivity contribution >= 4 is 11.6 Å². The van der Waals surface area contributed by atoms with E-state index in [9.17, 15) is 4.79 Å². The number of carbonyl (C=O) groups is 1. The van der Waals surface area contributed by atoms with Crippen molar-refractivity contribution in [1.82, 2.24) is 24.8 Å². The van der Waals surface area contributed by atoms with Crippen molar-refractivity contribution in [2.75, 3.05) is 20.1 Å². The number of rotatable bonds is 2. The SMILES string of the molecule is CN(C(=O)N1CC=C(c2cn(-c3ccccc3)nn2)CC1)C(C)(C)C. The summed E-state index contributed by atoms with van der Waals surface area (Å²) in [6.45, 7) is 7.42. The van der Waals surface area contributed by atoms with Crippen LogP contribution in [-0.4, -0.2) is 56.5 Å². The van der Waals surface area contributed by atoms with Gasteiger partial charge in [-0.15, -0.1) is 5.10 Å². The second-order valence-electron chi connectivity index (χ2n) is 7.32. The monoisotopic (exact) mass is 339 g/mol. The molecule has 25 heavy (non-hydrogen) atoms. The van der Waals surface area contributed by atoms with Gasteiger partial charge in [-0.3, -0.25) is 0 Å². The van der Waals surface area contributed by atoms with Crippen molar-refractivity contribution in [2.24, 2.45) is 0 Å². The third-order valence-electron chi connectivity index (χ3n) is 4.62. The summed E-state index contributed by atoms with van der Waals surface area (Å²) in [5, 5.41) is 8.50. The minimum atomic E-state index is -0.181. The largest absolute Gasteiger partial charge is 0.323 e. The average molecular weight is 339 g/mol. The van der Waals surface area contributed by atoms with Gasteiger partial charge in [-0.25, -0.2) is 9.48 Å². The maximum atomic E-state index is 12.6. The summed E-state index contributed by atoms with van der Waals surface area (Å²) < 4.78 is 1.78. The number of urea groups is 1. The number of carbonyl (C=O) groups excluding carboxylic acids is 1. The Labute approximate surface area is 148 Å². The highest BCUT2D eigenvalue weighted by Crippen LogP contribution is 2.23. The third kappa shape index (κ3) is 3.73. The van der Waals surface area contributed by atoms with Crippen LogP contribution in [0.1, 0.15) is 32.9 Å². The van der Waals surface area contributed by atoms with Crippen molar-refractivity contribution in [3.63, 3.8) is 0 Å². The number of hydrogen-bond acceptors (Lipinski definition) is 3. The van der Waals surface area contributed by atoms with Crippen molar-refractivity contribution in [2.45, 2.75) is 32.7 Å². The summed E-state index contributed by atoms with van der Waals surface area (Å²) in [5.74, 6) is 0. The van der Waals surface area contributed by atoms with Gasteiger partial charge in [-0.2, -0.15) is 0 Å². The lowest BCUT2D eigenvalue weighted by Crippen LogP contribution is -2.50. The molecule has 6 heteroatoms. The predicted octanol–water partition coefficient (Wildman–Crippen LogP) is 3.21. The first-order chi connectivity index (χ1) is 11.9. The summed E-state index contributed by atoms with van der Waals surface area (Å²) >= 11 is 0. The molecule has 0 unspecified atom stereocenters. The Morgan fingerprint density at radius 1 is 1.20 bits per heavy atom. The molecule has 1 aromatic heterocycles. The van der Waals surface area contributed by atoms with Gasteiger partial charge in [0.25, 0.3) is 0 Å². The van der Waals surface area contributed by atoms with Crippen LogP contribution in [0.3, 0.4) is 0 Å². The molecule has 0 aliphatic carbocycles. The molecule has 2 amide bonds. The molecule has 0 saturated heterocycles. The number of aromatic nitrogens is 3. The van der Waals surface area contributed by atoms with Crippen LogP contribution in [-0.2, 0) is 0 Å². The van der Waals surface area contributed by atoms with E-state index in [1.165, 1.54) is 0 Å². The van der Waals surface area contributed by atoms with E-state index in [1.807, 2.05) is 69.2 Å². The molecule has 132 valence electrons. The van der Waals surface area contributed by atoms with Gasteiger partial charge in [0.15, 0.2) is 0 Å². The normalized spacial score (nSPS) is 15.0. The van der Waals surface area contributed by atoms with Crippen molar-refractivity contribution in [3.8, 4) is 5.69 Å². The molecule has 6 nitrogen and oxygen atoms in total. The van der Waals surface area contributed by atoms with Crippen LogP contribution < -0.4 is 0 Å². The van der Waals surface area contributed by atoms with E-state index < -0.39 is 0 Å². The lowest BCUT2D eigenvalue weighted by atomic mass is 10.0. The molecule has 0 radical (unpaired) electrons. The predicted molar refractivity (Wildman–Crippen MR) is 98.4 cm³/mol. The average Bonchev–Trinajstić information content (AvgIpc) is 3.11. The molecule has 2 aromatic rings. The maximum absolute atomic E-state index is 12.6. The molecular formula is C19H25N5O. The van der Waals surface area contributed by atoms with Crippen molar-refractivity contribution in [1.29, 1.82) is 0 Å². The van der Waals surface area contributed by atoms with Crippen LogP contribution in [0.25, 0.3) is 11.3 Å². The number of nitrogens with zero attached hydrogens (tertiary/aromatic N) is 5. The minimum absolute atomic E-state index is 0.0655. The van der Waals surface area contributed by atoms with Crippen LogP contribution in [0, 0.1) is 0 Å². The van der Waals surface area contributed by atoms with Gasteiger partial charge in [0.05, 0.1) is 11.9 Å². The second kappa shape index (κ2) is 6.70. The van der Waals surface area contributed by atoms with Crippen molar-refractivity contribution in [3.05, 3.63) is 48.3 Å². The van der Waals surface area contributed by atoms with E-state index >= 15 is 0 Å². The third-order valence-corrected chi connectivity index (χ3v) is 4.62. The van der Waals surface area contributed by atoms with Crippen LogP contribution in [0.4, 0.5) is 4.79 Å². The first-order valence-electron chi connectivity index (χ1n) is 8.56. The van der Waals surface area contributed by atoms with E-state index in [2.05, 4.69) is 16.4 Å². The molecule has 0 spiro atoms. The molecule has 0 bridgehead atoms. The Kier molecular flexibility index (Phi) is 4.61. The Balaban J connectivity index is 1.70. The van der Waals surface area contributed by atoms with E-state index in [-0.39, 0.29) is 11.6 Å². The zero-order chi connectivity index (χ0) is 18.0. The first kappa shape index (κ1) is 17.2. The van der Waals surface area contributed by atoms with E-state index in [4.69, 9.17) is 0 Å². The standard InChI is InChI=1S/C19H25N5O/c1-19(2,3)22(4)18(25)23-12-10-15(11-13-23)17-14-24(21-20-17)16-8-6-5-7-9-16/h5-10,14H,11-13H2,1-4H3. The van der Waals surface area contributed by atoms with Crippen LogP contribution in [0.2, 0.25) is 0 Å². The summed E-state index contributed by atoms with van der Waals surface area (Å²) in [4.78, 5) is 16.2. The fraction of sp³-hybridized carbons (Fsp3) is 0.421. The molecule has 1 aromatic carbocycles. The summed E-state index contributed by atoms with van der Waals surface area (Å²) in [6.07, 6.45) is 4.81. The highest BCUT2D eigenvalue weighted by Gasteiger charge is 2.28. The molecule has 1 aliphatic heterocycles. The first-order valence-corrected chi connectivity index (χ1v) is 8.56. The quantitative estimate of drug-likeness (QED) is 0.844. The van der Waals surface area contributed by atoms with Gasteiger partial charge in [-0.1, -0.05) is 29.5 Å². The Hall–Kier alpha value is -2.63. The molecule has 0 fully saturated rings. The fourth-order valence-corrected chi connectivity index (χ4v) is 2.69. The number of hydrogen-bond donors (Lipinski definition) is 0. The molecule has 1 aliphatic rings. The molecule has 2 heterocycles. The second-order valence-corrected chi connectivity index (χ2v) is 7.32. The number of benzene rings is 1. The molecule has 0 atom stereocenters. The molecule has 0 N–H and O–H groups in total. The minimum Gasteiger partial charge on any atom is -0.323 e. The smallest absolute Gasteiger partial charge is 0.320 e. The zero-order valence-electron chi connectivity index (χ0n) is 15.3. The highest BCUT2D eigenvalue weighted by molar-refractivity contribution is 5.77. The van der Waals surface area contributed by atoms with Crippen LogP contribution in [0.15, 0.2) is 42.6 Å². The van der Waals surface area contributed by atoms with Gasteiger partial charge in [-0.05, 0) is 44.9 Å². The fourth-order valence-electron chi connectivity index (χ4n) is 2.69. The zero-order valence-corrected chi connectivity index (χ0v) is 15.3. The van der Waals surface area contributed by atoms with Gasteiger partial charge in [0, 0.05) is 25.7 Å². The van der Waals surface area contributed by atoms with Crippen LogP contribution in [0.5, 0.6) is 0 Å². The number of amides is 2. The van der Waals surface area contributed by atoms with E-state index in [0.29, 0.717) is 13.1 Å². The van der Waals surface area contributed by atoms with Gasteiger partial charge < -0.3 is 9.80 Å². The van der Waals surface area contributed by atoms with Crippen LogP contribution >= 0.6 is 0 Å². The van der Waals surface area contributed by atoms with E-state index in [1.54, 1.807) is 9.58 Å². The summed E-state index contributed by atoms with van der Waals surface area (Å²) in [6, 6.07) is 9.99. The highest BCUT2D eigenvalue weighted by atomic mass is 16.2. The molecule has 3 rings (SSSR count). The Bertz CT molecular complexity index is 773. The lowest BCUT2D eigenvalue weighted by molar-refractivity contribution is 0.130. The summed E-state index contributed by atoms with van der Waals surface area (Å²) in [7, 11) is 1.85. The lowest BCUT2D eigenvalue weighted by Gasteiger charge is -2.37. The molecular weight excluding hydrogens is 314 g/mol. The van der Waals surface area contributed by atoms with Crippen molar-refractivity contribution < 1.29 is 4.79 Å².